The van der Waals surface area contributed by atoms with Crippen molar-refractivity contribution in [3.05, 3.63) is 77.4 Å². The highest BCUT2D eigenvalue weighted by molar-refractivity contribution is 7.89. The van der Waals surface area contributed by atoms with Crippen LogP contribution in [-0.4, -0.2) is 31.7 Å². The minimum atomic E-state index is -3.62. The largest absolute Gasteiger partial charge is 0.352 e. The van der Waals surface area contributed by atoms with Crippen molar-refractivity contribution in [2.45, 2.75) is 38.1 Å². The second kappa shape index (κ2) is 8.81. The lowest BCUT2D eigenvalue weighted by Crippen LogP contribution is -2.45. The first kappa shape index (κ1) is 21.5. The van der Waals surface area contributed by atoms with Gasteiger partial charge in [0.2, 0.25) is 15.9 Å². The van der Waals surface area contributed by atoms with Gasteiger partial charge in [0.05, 0.1) is 10.8 Å². The fourth-order valence-corrected chi connectivity index (χ4v) is 6.11. The van der Waals surface area contributed by atoms with E-state index < -0.39 is 10.0 Å². The van der Waals surface area contributed by atoms with Gasteiger partial charge in [-0.25, -0.2) is 8.42 Å². The molecule has 1 heterocycles. The molecule has 1 unspecified atom stereocenters. The molecule has 0 bridgehead atoms. The highest BCUT2D eigenvalue weighted by Gasteiger charge is 2.34. The molecule has 0 radical (unpaired) electrons. The molecule has 3 aromatic rings. The molecular weight excluding hydrogens is 408 g/mol. The molecule has 6 heteroatoms. The van der Waals surface area contributed by atoms with Crippen molar-refractivity contribution in [1.29, 1.82) is 0 Å². The van der Waals surface area contributed by atoms with E-state index in [1.54, 1.807) is 6.07 Å². The van der Waals surface area contributed by atoms with E-state index in [2.05, 4.69) is 23.5 Å². The topological polar surface area (TPSA) is 66.5 Å². The van der Waals surface area contributed by atoms with E-state index in [0.717, 1.165) is 27.5 Å². The van der Waals surface area contributed by atoms with Crippen molar-refractivity contribution in [1.82, 2.24) is 9.62 Å². The highest BCUT2D eigenvalue weighted by atomic mass is 32.2. The number of hydrogen-bond acceptors (Lipinski definition) is 3. The Labute approximate surface area is 184 Å². The first-order valence-electron chi connectivity index (χ1n) is 10.7. The summed E-state index contributed by atoms with van der Waals surface area (Å²) in [5.74, 6) is -0.433. The number of benzene rings is 3. The number of piperidine rings is 1. The van der Waals surface area contributed by atoms with Crippen LogP contribution in [0.25, 0.3) is 10.8 Å². The summed E-state index contributed by atoms with van der Waals surface area (Å²) in [6, 6.07) is 19.6. The molecular formula is C25H28N2O3S. The first-order valence-corrected chi connectivity index (χ1v) is 12.1. The van der Waals surface area contributed by atoms with E-state index in [1.165, 1.54) is 4.31 Å². The van der Waals surface area contributed by atoms with Gasteiger partial charge in [0.1, 0.15) is 0 Å². The molecule has 1 N–H and O–H groups in total. The summed E-state index contributed by atoms with van der Waals surface area (Å²) >= 11 is 0. The quantitative estimate of drug-likeness (QED) is 0.653. The van der Waals surface area contributed by atoms with E-state index in [4.69, 9.17) is 0 Å². The van der Waals surface area contributed by atoms with Crippen LogP contribution in [0.2, 0.25) is 0 Å². The monoisotopic (exact) mass is 436 g/mol. The van der Waals surface area contributed by atoms with Crippen LogP contribution >= 0.6 is 0 Å². The molecule has 1 fully saturated rings. The van der Waals surface area contributed by atoms with Crippen LogP contribution in [0.1, 0.15) is 29.5 Å². The van der Waals surface area contributed by atoms with E-state index in [-0.39, 0.29) is 18.4 Å². The standard InChI is InChI=1S/C25H28N2O3S/c1-18-12-13-19(2)24(15-18)31(29,30)27-14-6-10-22(17-27)25(28)26-16-21-9-5-8-20-7-3-4-11-23(20)21/h3-5,7-9,11-13,15,22H,6,10,14,16-17H2,1-2H3,(H,26,28). The summed E-state index contributed by atoms with van der Waals surface area (Å²) in [5, 5.41) is 5.29. The van der Waals surface area contributed by atoms with Crippen molar-refractivity contribution in [3.63, 3.8) is 0 Å². The third kappa shape index (κ3) is 4.50. The summed E-state index contributed by atoms with van der Waals surface area (Å²) in [6.45, 7) is 4.79. The first-order chi connectivity index (χ1) is 14.9. The van der Waals surface area contributed by atoms with Crippen LogP contribution in [0.4, 0.5) is 0 Å². The lowest BCUT2D eigenvalue weighted by atomic mass is 9.98. The van der Waals surface area contributed by atoms with Crippen molar-refractivity contribution < 1.29 is 13.2 Å². The fraction of sp³-hybridized carbons (Fsp3) is 0.320. The van der Waals surface area contributed by atoms with Gasteiger partial charge in [-0.2, -0.15) is 4.31 Å². The van der Waals surface area contributed by atoms with E-state index in [0.29, 0.717) is 30.8 Å². The van der Waals surface area contributed by atoms with Crippen LogP contribution in [0, 0.1) is 19.8 Å². The minimum absolute atomic E-state index is 0.0891. The second-order valence-electron chi connectivity index (χ2n) is 8.33. The lowest BCUT2D eigenvalue weighted by molar-refractivity contribution is -0.126. The Balaban J connectivity index is 1.47. The van der Waals surface area contributed by atoms with Gasteiger partial charge in [0.15, 0.2) is 0 Å². The molecule has 1 aliphatic heterocycles. The zero-order chi connectivity index (χ0) is 22.0. The minimum Gasteiger partial charge on any atom is -0.352 e. The molecule has 1 atom stereocenters. The van der Waals surface area contributed by atoms with Crippen LogP contribution in [0.15, 0.2) is 65.6 Å². The van der Waals surface area contributed by atoms with Gasteiger partial charge in [0, 0.05) is 19.6 Å². The maximum absolute atomic E-state index is 13.2. The van der Waals surface area contributed by atoms with Gasteiger partial charge in [0.25, 0.3) is 0 Å². The van der Waals surface area contributed by atoms with Crippen LogP contribution in [0.3, 0.4) is 0 Å². The molecule has 0 spiro atoms. The third-order valence-corrected chi connectivity index (χ3v) is 8.06. The Kier molecular flexibility index (Phi) is 6.12. The zero-order valence-corrected chi connectivity index (χ0v) is 18.8. The average molecular weight is 437 g/mol. The molecule has 0 saturated carbocycles. The van der Waals surface area contributed by atoms with Gasteiger partial charge < -0.3 is 5.32 Å². The number of nitrogens with one attached hydrogen (secondary N) is 1. The molecule has 31 heavy (non-hydrogen) atoms. The normalized spacial score (nSPS) is 17.5. The average Bonchev–Trinajstić information content (AvgIpc) is 2.79. The molecule has 1 aliphatic rings. The van der Waals surface area contributed by atoms with Crippen molar-refractivity contribution >= 4 is 26.7 Å². The molecule has 5 nitrogen and oxygen atoms in total. The summed E-state index contributed by atoms with van der Waals surface area (Å²) in [6.07, 6.45) is 1.37. The lowest BCUT2D eigenvalue weighted by Gasteiger charge is -2.31. The predicted octanol–water partition coefficient (Wildman–Crippen LogP) is 4.17. The highest BCUT2D eigenvalue weighted by Crippen LogP contribution is 2.27. The zero-order valence-electron chi connectivity index (χ0n) is 18.0. The Morgan fingerprint density at radius 3 is 2.68 bits per heavy atom. The maximum atomic E-state index is 13.2. The Bertz CT molecular complexity index is 1220. The molecule has 4 rings (SSSR count). The Morgan fingerprint density at radius 1 is 1.06 bits per heavy atom. The summed E-state index contributed by atoms with van der Waals surface area (Å²) in [4.78, 5) is 13.2. The van der Waals surface area contributed by atoms with E-state index in [1.807, 2.05) is 50.2 Å². The predicted molar refractivity (Wildman–Crippen MR) is 123 cm³/mol. The summed E-state index contributed by atoms with van der Waals surface area (Å²) < 4.78 is 28.0. The third-order valence-electron chi connectivity index (χ3n) is 6.05. The van der Waals surface area contributed by atoms with Crippen molar-refractivity contribution in [2.24, 2.45) is 5.92 Å². The van der Waals surface area contributed by atoms with E-state index >= 15 is 0 Å². The number of aryl methyl sites for hydroxylation is 2. The van der Waals surface area contributed by atoms with E-state index in [9.17, 15) is 13.2 Å². The number of carbonyl (C=O) groups is 1. The number of nitrogens with zero attached hydrogens (tertiary/aromatic N) is 1. The Morgan fingerprint density at radius 2 is 1.84 bits per heavy atom. The van der Waals surface area contributed by atoms with Gasteiger partial charge in [-0.05, 0) is 60.2 Å². The van der Waals surface area contributed by atoms with Crippen molar-refractivity contribution in [3.8, 4) is 0 Å². The second-order valence-corrected chi connectivity index (χ2v) is 10.2. The maximum Gasteiger partial charge on any atom is 0.243 e. The van der Waals surface area contributed by atoms with Gasteiger partial charge in [-0.1, -0.05) is 54.6 Å². The SMILES string of the molecule is Cc1ccc(C)c(S(=O)(=O)N2CCCC(C(=O)NCc3cccc4ccccc34)C2)c1. The summed E-state index contributed by atoms with van der Waals surface area (Å²) in [7, 11) is -3.62. The molecule has 1 amide bonds. The number of amides is 1. The fourth-order valence-electron chi connectivity index (χ4n) is 4.27. The summed E-state index contributed by atoms with van der Waals surface area (Å²) in [5.41, 5.74) is 2.70. The van der Waals surface area contributed by atoms with Crippen molar-refractivity contribution in [2.75, 3.05) is 13.1 Å². The number of sulfonamides is 1. The van der Waals surface area contributed by atoms with Crippen LogP contribution < -0.4 is 5.32 Å². The van der Waals surface area contributed by atoms with Gasteiger partial charge in [-0.15, -0.1) is 0 Å². The molecule has 1 saturated heterocycles. The smallest absolute Gasteiger partial charge is 0.243 e. The molecule has 0 aliphatic carbocycles. The number of carbonyl (C=O) groups excluding carboxylic acids is 1. The van der Waals surface area contributed by atoms with Crippen LogP contribution in [-0.2, 0) is 21.4 Å². The molecule has 3 aromatic carbocycles. The van der Waals surface area contributed by atoms with Gasteiger partial charge >= 0.3 is 0 Å². The van der Waals surface area contributed by atoms with Gasteiger partial charge in [-0.3, -0.25) is 4.79 Å². The number of rotatable bonds is 5. The number of hydrogen-bond donors (Lipinski definition) is 1. The molecule has 0 aromatic heterocycles. The Hall–Kier alpha value is -2.70. The number of fused-ring (bicyclic) bond motifs is 1. The van der Waals surface area contributed by atoms with Crippen LogP contribution in [0.5, 0.6) is 0 Å². The molecule has 162 valence electrons.